The van der Waals surface area contributed by atoms with Crippen molar-refractivity contribution in [2.24, 2.45) is 0 Å². The Balaban J connectivity index is 3.43. The average molecular weight is 230 g/mol. The Bertz CT molecular complexity index is 415. The molecule has 0 aromatic heterocycles. The fourth-order valence-corrected chi connectivity index (χ4v) is 1.46. The lowest BCUT2D eigenvalue weighted by atomic mass is 10.1. The van der Waals surface area contributed by atoms with E-state index >= 15 is 0 Å². The number of nitriles is 1. The molecule has 0 heterocycles. The van der Waals surface area contributed by atoms with E-state index in [1.165, 1.54) is 20.3 Å². The van der Waals surface area contributed by atoms with Crippen molar-refractivity contribution >= 4 is 11.6 Å². The van der Waals surface area contributed by atoms with Gasteiger partial charge in [-0.25, -0.2) is 4.39 Å². The highest BCUT2D eigenvalue weighted by Crippen LogP contribution is 2.37. The van der Waals surface area contributed by atoms with E-state index in [-0.39, 0.29) is 22.8 Å². The maximum absolute atomic E-state index is 13.5. The molecule has 3 nitrogen and oxygen atoms in total. The summed E-state index contributed by atoms with van der Waals surface area (Å²) in [5, 5.41) is 8.48. The Hall–Kier alpha value is -1.47. The molecule has 0 aliphatic heterocycles. The molecule has 0 saturated heterocycles. The smallest absolute Gasteiger partial charge is 0.167 e. The quantitative estimate of drug-likeness (QED) is 0.800. The van der Waals surface area contributed by atoms with Gasteiger partial charge in [0, 0.05) is 11.6 Å². The minimum Gasteiger partial charge on any atom is -0.493 e. The molecule has 0 spiro atoms. The second-order valence-corrected chi connectivity index (χ2v) is 3.13. The van der Waals surface area contributed by atoms with E-state index in [9.17, 15) is 4.39 Å². The predicted molar refractivity (Wildman–Crippen MR) is 53.8 cm³/mol. The van der Waals surface area contributed by atoms with Gasteiger partial charge >= 0.3 is 0 Å². The van der Waals surface area contributed by atoms with Crippen molar-refractivity contribution < 1.29 is 13.9 Å². The zero-order chi connectivity index (χ0) is 11.4. The highest BCUT2D eigenvalue weighted by molar-refractivity contribution is 6.31. The van der Waals surface area contributed by atoms with Gasteiger partial charge < -0.3 is 9.47 Å². The molecule has 0 fully saturated rings. The Morgan fingerprint density at radius 3 is 2.60 bits per heavy atom. The molecule has 0 N–H and O–H groups in total. The lowest BCUT2D eigenvalue weighted by molar-refractivity contribution is 0.349. The highest BCUT2D eigenvalue weighted by Gasteiger charge is 2.18. The van der Waals surface area contributed by atoms with Crippen LogP contribution in [0, 0.1) is 17.1 Å². The Morgan fingerprint density at radius 2 is 2.13 bits per heavy atom. The Kier molecular flexibility index (Phi) is 3.75. The fraction of sp³-hybridized carbons (Fsp3) is 0.300. The summed E-state index contributed by atoms with van der Waals surface area (Å²) in [6.07, 6.45) is -0.119. The van der Waals surface area contributed by atoms with Crippen LogP contribution in [0.5, 0.6) is 11.5 Å². The molecule has 0 aliphatic carbocycles. The van der Waals surface area contributed by atoms with Crippen LogP contribution in [0.15, 0.2) is 6.07 Å². The number of benzene rings is 1. The fourth-order valence-electron chi connectivity index (χ4n) is 1.25. The molecule has 5 heteroatoms. The molecule has 0 radical (unpaired) electrons. The van der Waals surface area contributed by atoms with Gasteiger partial charge in [0.05, 0.1) is 31.7 Å². The standard InChI is InChI=1S/C10H9ClFNO2/c1-14-8-5-7(11)9(12)6(3-4-13)10(8)15-2/h5H,3H2,1-2H3. The largest absolute Gasteiger partial charge is 0.493 e. The highest BCUT2D eigenvalue weighted by atomic mass is 35.5. The topological polar surface area (TPSA) is 42.2 Å². The van der Waals surface area contributed by atoms with Crippen LogP contribution >= 0.6 is 11.6 Å². The minimum atomic E-state index is -0.643. The number of nitrogens with zero attached hydrogens (tertiary/aromatic N) is 1. The van der Waals surface area contributed by atoms with E-state index in [0.717, 1.165) is 0 Å². The average Bonchev–Trinajstić information content (AvgIpc) is 2.24. The first-order valence-corrected chi connectivity index (χ1v) is 4.49. The van der Waals surface area contributed by atoms with Crippen molar-refractivity contribution in [3.05, 3.63) is 22.5 Å². The maximum Gasteiger partial charge on any atom is 0.167 e. The predicted octanol–water partition coefficient (Wildman–Crippen LogP) is 2.56. The zero-order valence-electron chi connectivity index (χ0n) is 8.30. The molecule has 0 unspecified atom stereocenters. The number of hydrogen-bond acceptors (Lipinski definition) is 3. The molecule has 0 atom stereocenters. The summed E-state index contributed by atoms with van der Waals surface area (Å²) < 4.78 is 23.5. The number of rotatable bonds is 3. The van der Waals surface area contributed by atoms with E-state index in [2.05, 4.69) is 0 Å². The van der Waals surface area contributed by atoms with E-state index in [1.807, 2.05) is 6.07 Å². The van der Waals surface area contributed by atoms with Gasteiger partial charge in [0.25, 0.3) is 0 Å². The zero-order valence-corrected chi connectivity index (χ0v) is 9.06. The van der Waals surface area contributed by atoms with Gasteiger partial charge in [0.1, 0.15) is 5.82 Å². The molecular formula is C10H9ClFNO2. The van der Waals surface area contributed by atoms with Gasteiger partial charge in [-0.05, 0) is 0 Å². The minimum absolute atomic E-state index is 0.0853. The third-order valence-corrected chi connectivity index (χ3v) is 2.19. The lowest BCUT2D eigenvalue weighted by Gasteiger charge is -2.12. The van der Waals surface area contributed by atoms with Crippen LogP contribution in [-0.4, -0.2) is 14.2 Å². The van der Waals surface area contributed by atoms with Gasteiger partial charge in [0.2, 0.25) is 0 Å². The summed E-state index contributed by atoms with van der Waals surface area (Å²) in [4.78, 5) is 0. The Morgan fingerprint density at radius 1 is 1.47 bits per heavy atom. The van der Waals surface area contributed by atoms with Gasteiger partial charge in [-0.2, -0.15) is 5.26 Å². The van der Waals surface area contributed by atoms with E-state index in [1.54, 1.807) is 0 Å². The summed E-state index contributed by atoms with van der Waals surface area (Å²) >= 11 is 5.64. The number of hydrogen-bond donors (Lipinski definition) is 0. The third-order valence-electron chi connectivity index (χ3n) is 1.91. The summed E-state index contributed by atoms with van der Waals surface area (Å²) in [6.45, 7) is 0. The molecule has 1 aromatic rings. The van der Waals surface area contributed by atoms with Gasteiger partial charge in [-0.3, -0.25) is 0 Å². The van der Waals surface area contributed by atoms with E-state index in [4.69, 9.17) is 26.3 Å². The molecule has 80 valence electrons. The van der Waals surface area contributed by atoms with Crippen LogP contribution in [0.3, 0.4) is 0 Å². The van der Waals surface area contributed by atoms with Gasteiger partial charge in [-0.15, -0.1) is 0 Å². The molecule has 0 amide bonds. The van der Waals surface area contributed by atoms with Crippen molar-refractivity contribution in [1.29, 1.82) is 5.26 Å². The van der Waals surface area contributed by atoms with Gasteiger partial charge in [-0.1, -0.05) is 11.6 Å². The van der Waals surface area contributed by atoms with Crippen molar-refractivity contribution in [3.63, 3.8) is 0 Å². The third kappa shape index (κ3) is 2.13. The monoisotopic (exact) mass is 229 g/mol. The first-order chi connectivity index (χ1) is 7.15. The van der Waals surface area contributed by atoms with Crippen LogP contribution in [0.2, 0.25) is 5.02 Å². The lowest BCUT2D eigenvalue weighted by Crippen LogP contribution is -1.99. The van der Waals surface area contributed by atoms with E-state index in [0.29, 0.717) is 5.75 Å². The first kappa shape index (κ1) is 11.6. The first-order valence-electron chi connectivity index (χ1n) is 4.11. The van der Waals surface area contributed by atoms with Crippen LogP contribution in [0.4, 0.5) is 4.39 Å². The van der Waals surface area contributed by atoms with Crippen LogP contribution in [0.1, 0.15) is 5.56 Å². The number of ether oxygens (including phenoxy) is 2. The second kappa shape index (κ2) is 4.85. The summed E-state index contributed by atoms with van der Waals surface area (Å²) in [5.74, 6) is -0.119. The Labute approximate surface area is 92.0 Å². The molecule has 0 aliphatic rings. The molecule has 15 heavy (non-hydrogen) atoms. The molecule has 0 bridgehead atoms. The summed E-state index contributed by atoms with van der Waals surface area (Å²) in [7, 11) is 2.80. The number of halogens is 2. The summed E-state index contributed by atoms with van der Waals surface area (Å²) in [6, 6.07) is 3.16. The van der Waals surface area contributed by atoms with Crippen LogP contribution < -0.4 is 9.47 Å². The van der Waals surface area contributed by atoms with Crippen molar-refractivity contribution in [3.8, 4) is 17.6 Å². The van der Waals surface area contributed by atoms with Crippen molar-refractivity contribution in [2.75, 3.05) is 14.2 Å². The van der Waals surface area contributed by atoms with Gasteiger partial charge in [0.15, 0.2) is 11.5 Å². The van der Waals surface area contributed by atoms with Crippen LogP contribution in [0.25, 0.3) is 0 Å². The molecular weight excluding hydrogens is 221 g/mol. The van der Waals surface area contributed by atoms with Crippen molar-refractivity contribution in [1.82, 2.24) is 0 Å². The van der Waals surface area contributed by atoms with Crippen LogP contribution in [-0.2, 0) is 6.42 Å². The second-order valence-electron chi connectivity index (χ2n) is 2.72. The van der Waals surface area contributed by atoms with E-state index < -0.39 is 5.82 Å². The summed E-state index contributed by atoms with van der Waals surface area (Å²) in [5.41, 5.74) is 0.115. The normalized spacial score (nSPS) is 9.53. The van der Waals surface area contributed by atoms with Crippen molar-refractivity contribution in [2.45, 2.75) is 6.42 Å². The number of methoxy groups -OCH3 is 2. The maximum atomic E-state index is 13.5. The molecule has 0 saturated carbocycles. The SMILES string of the molecule is COc1cc(Cl)c(F)c(CC#N)c1OC. The molecule has 1 aromatic carbocycles. The molecule has 1 rings (SSSR count).